The number of furan rings is 1. The minimum Gasteiger partial charge on any atom is -0.493 e. The summed E-state index contributed by atoms with van der Waals surface area (Å²) in [6.45, 7) is 1.74. The third-order valence-corrected chi connectivity index (χ3v) is 3.59. The summed E-state index contributed by atoms with van der Waals surface area (Å²) in [6.07, 6.45) is 1.48. The van der Waals surface area contributed by atoms with Crippen molar-refractivity contribution in [3.63, 3.8) is 0 Å². The van der Waals surface area contributed by atoms with E-state index in [1.807, 2.05) is 0 Å². The highest BCUT2D eigenvalue weighted by Crippen LogP contribution is 2.35. The zero-order valence-electron chi connectivity index (χ0n) is 14.3. The second-order valence-corrected chi connectivity index (χ2v) is 5.33. The number of rotatable bonds is 7. The Balaban J connectivity index is 2.02. The molecule has 25 heavy (non-hydrogen) atoms. The molecular weight excluding hydrogens is 350 g/mol. The standard InChI is InChI=1S/C17H18ClNO6/c1-10-13(17(20)23-4)7-12(25-10)9-24-19-8-11-5-14(18)16(22-3)15(6-11)21-2/h5-8H,9H2,1-4H3/b19-8-. The van der Waals surface area contributed by atoms with Crippen LogP contribution in [0.3, 0.4) is 0 Å². The molecule has 1 aromatic carbocycles. The van der Waals surface area contributed by atoms with Gasteiger partial charge in [-0.1, -0.05) is 16.8 Å². The number of oxime groups is 1. The molecule has 134 valence electrons. The van der Waals surface area contributed by atoms with Crippen molar-refractivity contribution >= 4 is 23.8 Å². The van der Waals surface area contributed by atoms with Crippen molar-refractivity contribution in [2.75, 3.05) is 21.3 Å². The first-order valence-corrected chi connectivity index (χ1v) is 7.62. The molecule has 2 aromatic rings. The van der Waals surface area contributed by atoms with Crippen LogP contribution in [0, 0.1) is 6.92 Å². The van der Waals surface area contributed by atoms with Crippen LogP contribution in [0.4, 0.5) is 0 Å². The second kappa shape index (κ2) is 8.43. The number of methoxy groups -OCH3 is 3. The molecule has 7 nitrogen and oxygen atoms in total. The minimum atomic E-state index is -0.462. The van der Waals surface area contributed by atoms with Crippen LogP contribution >= 0.6 is 11.6 Å². The predicted octanol–water partition coefficient (Wildman–Crippen LogP) is 3.60. The lowest BCUT2D eigenvalue weighted by Crippen LogP contribution is -2.00. The van der Waals surface area contributed by atoms with Crippen LogP contribution < -0.4 is 9.47 Å². The Morgan fingerprint density at radius 2 is 2.00 bits per heavy atom. The maximum atomic E-state index is 11.5. The Morgan fingerprint density at radius 3 is 2.64 bits per heavy atom. The molecule has 2 rings (SSSR count). The van der Waals surface area contributed by atoms with E-state index in [0.29, 0.717) is 39.2 Å². The topological polar surface area (TPSA) is 79.5 Å². The first-order valence-electron chi connectivity index (χ1n) is 7.24. The summed E-state index contributed by atoms with van der Waals surface area (Å²) in [4.78, 5) is 16.7. The maximum Gasteiger partial charge on any atom is 0.341 e. The molecule has 0 spiro atoms. The summed E-state index contributed by atoms with van der Waals surface area (Å²) in [5.41, 5.74) is 1.03. The van der Waals surface area contributed by atoms with E-state index in [1.54, 1.807) is 25.1 Å². The number of carbonyl (C=O) groups is 1. The highest BCUT2D eigenvalue weighted by molar-refractivity contribution is 6.32. The molecule has 1 aromatic heterocycles. The summed E-state index contributed by atoms with van der Waals surface area (Å²) >= 11 is 6.12. The maximum absolute atomic E-state index is 11.5. The molecule has 0 aliphatic rings. The van der Waals surface area contributed by atoms with E-state index in [4.69, 9.17) is 30.3 Å². The monoisotopic (exact) mass is 367 g/mol. The molecule has 8 heteroatoms. The van der Waals surface area contributed by atoms with Gasteiger partial charge in [-0.25, -0.2) is 4.79 Å². The molecule has 0 aliphatic heterocycles. The highest BCUT2D eigenvalue weighted by Gasteiger charge is 2.15. The van der Waals surface area contributed by atoms with E-state index in [9.17, 15) is 4.79 Å². The number of carbonyl (C=O) groups excluding carboxylic acids is 1. The van der Waals surface area contributed by atoms with Gasteiger partial charge in [0.05, 0.1) is 32.6 Å². The van der Waals surface area contributed by atoms with Crippen LogP contribution in [0.1, 0.15) is 27.4 Å². The van der Waals surface area contributed by atoms with Crippen molar-refractivity contribution in [1.82, 2.24) is 0 Å². The Bertz CT molecular complexity index is 784. The fourth-order valence-electron chi connectivity index (χ4n) is 2.14. The van der Waals surface area contributed by atoms with Gasteiger partial charge in [-0.15, -0.1) is 0 Å². The predicted molar refractivity (Wildman–Crippen MR) is 91.7 cm³/mol. The van der Waals surface area contributed by atoms with Gasteiger partial charge in [-0.2, -0.15) is 0 Å². The minimum absolute atomic E-state index is 0.0648. The normalized spacial score (nSPS) is 10.8. The average Bonchev–Trinajstić information content (AvgIpc) is 2.98. The van der Waals surface area contributed by atoms with E-state index in [-0.39, 0.29) is 6.61 Å². The van der Waals surface area contributed by atoms with E-state index < -0.39 is 5.97 Å². The molecule has 1 heterocycles. The van der Waals surface area contributed by atoms with Gasteiger partial charge in [0, 0.05) is 5.56 Å². The number of hydrogen-bond acceptors (Lipinski definition) is 7. The molecule has 0 saturated carbocycles. The lowest BCUT2D eigenvalue weighted by Gasteiger charge is -2.09. The number of hydrogen-bond donors (Lipinski definition) is 0. The number of ether oxygens (including phenoxy) is 3. The molecule has 0 bridgehead atoms. The molecule has 0 unspecified atom stereocenters. The smallest absolute Gasteiger partial charge is 0.341 e. The van der Waals surface area contributed by atoms with Crippen LogP contribution in [0.25, 0.3) is 0 Å². The van der Waals surface area contributed by atoms with Crippen LogP contribution in [-0.2, 0) is 16.2 Å². The average molecular weight is 368 g/mol. The molecule has 0 saturated heterocycles. The number of nitrogens with zero attached hydrogens (tertiary/aromatic N) is 1. The van der Waals surface area contributed by atoms with Gasteiger partial charge in [0.15, 0.2) is 18.1 Å². The molecule has 0 N–H and O–H groups in total. The second-order valence-electron chi connectivity index (χ2n) is 4.92. The largest absolute Gasteiger partial charge is 0.493 e. The summed E-state index contributed by atoms with van der Waals surface area (Å²) < 4.78 is 20.5. The van der Waals surface area contributed by atoms with Crippen molar-refractivity contribution in [3.05, 3.63) is 45.9 Å². The van der Waals surface area contributed by atoms with Crippen molar-refractivity contribution in [3.8, 4) is 11.5 Å². The third kappa shape index (κ3) is 4.45. The van der Waals surface area contributed by atoms with Gasteiger partial charge >= 0.3 is 5.97 Å². The van der Waals surface area contributed by atoms with Gasteiger partial charge in [-0.3, -0.25) is 0 Å². The first kappa shape index (κ1) is 18.7. The van der Waals surface area contributed by atoms with Crippen molar-refractivity contribution in [1.29, 1.82) is 0 Å². The van der Waals surface area contributed by atoms with Crippen LogP contribution in [0.2, 0.25) is 5.02 Å². The summed E-state index contributed by atoms with van der Waals surface area (Å²) in [7, 11) is 4.34. The first-order chi connectivity index (χ1) is 12.0. The van der Waals surface area contributed by atoms with E-state index >= 15 is 0 Å². The highest BCUT2D eigenvalue weighted by atomic mass is 35.5. The Morgan fingerprint density at radius 1 is 1.24 bits per heavy atom. The van der Waals surface area contributed by atoms with E-state index in [2.05, 4.69) is 9.89 Å². The molecule has 0 atom stereocenters. The molecule has 0 fully saturated rings. The lowest BCUT2D eigenvalue weighted by atomic mass is 10.2. The summed E-state index contributed by atoms with van der Waals surface area (Å²) in [5, 5.41) is 4.25. The number of halogens is 1. The Labute approximate surface area is 150 Å². The van der Waals surface area contributed by atoms with E-state index in [0.717, 1.165) is 0 Å². The summed E-state index contributed by atoms with van der Waals surface area (Å²) in [6, 6.07) is 4.94. The van der Waals surface area contributed by atoms with Gasteiger partial charge in [0.25, 0.3) is 0 Å². The molecule has 0 radical (unpaired) electrons. The fraction of sp³-hybridized carbons (Fsp3) is 0.294. The SMILES string of the molecule is COC(=O)c1cc(CO/N=C\c2cc(Cl)c(OC)c(OC)c2)oc1C. The lowest BCUT2D eigenvalue weighted by molar-refractivity contribution is 0.0599. The molecule has 0 aliphatic carbocycles. The van der Waals surface area contributed by atoms with Crippen LogP contribution in [-0.4, -0.2) is 33.5 Å². The van der Waals surface area contributed by atoms with Crippen molar-refractivity contribution in [2.24, 2.45) is 5.16 Å². The Hall–Kier alpha value is -2.67. The zero-order valence-corrected chi connectivity index (χ0v) is 15.0. The Kier molecular flexibility index (Phi) is 6.30. The number of aryl methyl sites for hydroxylation is 1. The van der Waals surface area contributed by atoms with Gasteiger partial charge in [0.1, 0.15) is 17.1 Å². The summed E-state index contributed by atoms with van der Waals surface area (Å²) in [5.74, 6) is 1.39. The van der Waals surface area contributed by atoms with Crippen LogP contribution in [0.5, 0.6) is 11.5 Å². The fourth-order valence-corrected chi connectivity index (χ4v) is 2.44. The van der Waals surface area contributed by atoms with Crippen molar-refractivity contribution in [2.45, 2.75) is 13.5 Å². The third-order valence-electron chi connectivity index (χ3n) is 3.31. The van der Waals surface area contributed by atoms with Gasteiger partial charge in [-0.05, 0) is 25.1 Å². The van der Waals surface area contributed by atoms with E-state index in [1.165, 1.54) is 27.5 Å². The van der Waals surface area contributed by atoms with Gasteiger partial charge < -0.3 is 23.5 Å². The molecular formula is C17H18ClNO6. The quantitative estimate of drug-likeness (QED) is 0.422. The number of esters is 1. The number of benzene rings is 1. The van der Waals surface area contributed by atoms with Crippen LogP contribution in [0.15, 0.2) is 27.8 Å². The van der Waals surface area contributed by atoms with Gasteiger partial charge in [0.2, 0.25) is 0 Å². The molecule has 0 amide bonds. The van der Waals surface area contributed by atoms with Crippen molar-refractivity contribution < 1.29 is 28.3 Å². The zero-order chi connectivity index (χ0) is 18.4.